The maximum atomic E-state index is 2.57. The van der Waals surface area contributed by atoms with Crippen molar-refractivity contribution in [3.05, 3.63) is 328 Å². The van der Waals surface area contributed by atoms with E-state index in [4.69, 9.17) is 0 Å². The van der Waals surface area contributed by atoms with Crippen molar-refractivity contribution in [2.45, 2.75) is 0 Å². The molecule has 0 spiro atoms. The van der Waals surface area contributed by atoms with Gasteiger partial charge in [0.1, 0.15) is 0 Å². The van der Waals surface area contributed by atoms with Gasteiger partial charge in [0, 0.05) is 38.4 Å². The smallest absolute Gasteiger partial charge is 0.179 e. The summed E-state index contributed by atoms with van der Waals surface area (Å²) in [5.41, 5.74) is 18.9. The van der Waals surface area contributed by atoms with Crippen molar-refractivity contribution in [1.82, 2.24) is 9.13 Å². The summed E-state index contributed by atoms with van der Waals surface area (Å²) < 4.78 is 4.99. The number of fused-ring (bicyclic) bond motifs is 6. The monoisotopic (exact) mass is 1050 g/mol. The van der Waals surface area contributed by atoms with Gasteiger partial charge < -0.3 is 9.13 Å². The van der Waals surface area contributed by atoms with Crippen molar-refractivity contribution in [3.63, 3.8) is 0 Å². The Bertz CT molecular complexity index is 4680. The molecule has 0 N–H and O–H groups in total. The first kappa shape index (κ1) is 47.9. The minimum absolute atomic E-state index is 1.15. The van der Waals surface area contributed by atoms with Crippen molar-refractivity contribution < 1.29 is 0 Å². The predicted molar refractivity (Wildman–Crippen MR) is 346 cm³/mol. The molecule has 0 amide bonds. The molecule has 13 aromatic carbocycles. The molecular weight excluding hydrogens is 993 g/mol. The van der Waals surface area contributed by atoms with Gasteiger partial charge in [0.05, 0.1) is 27.8 Å². The molecule has 0 fully saturated rings. The summed E-state index contributed by atoms with van der Waals surface area (Å²) in [4.78, 5) is 0. The van der Waals surface area contributed by atoms with Crippen LogP contribution >= 0.6 is 0 Å². The van der Waals surface area contributed by atoms with Gasteiger partial charge in [-0.05, 0) is 114 Å². The highest BCUT2D eigenvalue weighted by atomic mass is 28.3. The van der Waals surface area contributed by atoms with E-state index in [1.807, 2.05) is 0 Å². The topological polar surface area (TPSA) is 9.86 Å². The molecule has 0 bridgehead atoms. The van der Waals surface area contributed by atoms with Crippen molar-refractivity contribution in [2.75, 3.05) is 0 Å². The maximum Gasteiger partial charge on any atom is 0.179 e. The molecule has 0 atom stereocenters. The van der Waals surface area contributed by atoms with Crippen LogP contribution < -0.4 is 20.7 Å². The third-order valence-electron chi connectivity index (χ3n) is 16.6. The molecule has 2 heterocycles. The first-order valence-corrected chi connectivity index (χ1v) is 30.0. The zero-order valence-corrected chi connectivity index (χ0v) is 45.6. The van der Waals surface area contributed by atoms with Gasteiger partial charge in [-0.2, -0.15) is 0 Å². The van der Waals surface area contributed by atoms with Crippen LogP contribution in [0.4, 0.5) is 0 Å². The average molecular weight is 1050 g/mol. The second-order valence-electron chi connectivity index (χ2n) is 21.2. The summed E-state index contributed by atoms with van der Waals surface area (Å²) in [5.74, 6) is 0. The third-order valence-corrected chi connectivity index (χ3v) is 21.4. The van der Waals surface area contributed by atoms with Gasteiger partial charge in [0.25, 0.3) is 0 Å². The molecule has 3 heteroatoms. The van der Waals surface area contributed by atoms with E-state index >= 15 is 0 Å². The minimum Gasteiger partial charge on any atom is -0.309 e. The van der Waals surface area contributed by atoms with E-state index in [-0.39, 0.29) is 0 Å². The highest BCUT2D eigenvalue weighted by Gasteiger charge is 2.43. The Morgan fingerprint density at radius 2 is 0.556 bits per heavy atom. The van der Waals surface area contributed by atoms with Crippen LogP contribution in [0.2, 0.25) is 0 Å². The van der Waals surface area contributed by atoms with E-state index in [1.165, 1.54) is 97.8 Å². The molecule has 380 valence electrons. The number of para-hydroxylation sites is 2. The van der Waals surface area contributed by atoms with Gasteiger partial charge in [-0.15, -0.1) is 0 Å². The fourth-order valence-corrected chi connectivity index (χ4v) is 17.8. The molecule has 15 rings (SSSR count). The van der Waals surface area contributed by atoms with Gasteiger partial charge in [-0.25, -0.2) is 0 Å². The fraction of sp³-hybridized carbons (Fsp3) is 0. The summed E-state index contributed by atoms with van der Waals surface area (Å²) in [6, 6.07) is 122. The number of rotatable bonds is 11. The van der Waals surface area contributed by atoms with Gasteiger partial charge in [0.2, 0.25) is 0 Å². The van der Waals surface area contributed by atoms with Crippen LogP contribution in [0, 0.1) is 0 Å². The largest absolute Gasteiger partial charge is 0.309 e. The Labute approximate surface area is 473 Å². The number of hydrogen-bond donors (Lipinski definition) is 0. The van der Waals surface area contributed by atoms with Crippen molar-refractivity contribution >= 4 is 72.4 Å². The molecule has 0 unspecified atom stereocenters. The Balaban J connectivity index is 0.973. The Hall–Kier alpha value is -10.3. The van der Waals surface area contributed by atoms with Crippen LogP contribution in [0.5, 0.6) is 0 Å². The molecule has 81 heavy (non-hydrogen) atoms. The van der Waals surface area contributed by atoms with Gasteiger partial charge in [-0.3, -0.25) is 0 Å². The van der Waals surface area contributed by atoms with E-state index in [1.54, 1.807) is 0 Å². The zero-order chi connectivity index (χ0) is 53.7. The van der Waals surface area contributed by atoms with Gasteiger partial charge >= 0.3 is 0 Å². The SMILES string of the molecule is c1ccc(-c2cccc(-n3c4ccccc4c4cc(-c5ccc6c(c5)c5ccccc5n6-c5c(-c6ccccc6)cc([Si](c6ccccc6)(c6ccccc6)c6cccc(-c7ccccc7)c6)cc5-c5ccccc5)ccc43)c2)cc1. The van der Waals surface area contributed by atoms with Crippen LogP contribution in [-0.4, -0.2) is 17.2 Å². The predicted octanol–water partition coefficient (Wildman–Crippen LogP) is 17.6. The average Bonchev–Trinajstić information content (AvgIpc) is 4.29. The lowest BCUT2D eigenvalue weighted by molar-refractivity contribution is 1.18. The molecule has 0 aliphatic carbocycles. The highest BCUT2D eigenvalue weighted by Crippen LogP contribution is 2.43. The first-order valence-electron chi connectivity index (χ1n) is 28.0. The molecule has 0 saturated heterocycles. The third kappa shape index (κ3) is 8.17. The first-order chi connectivity index (χ1) is 40.2. The molecule has 0 saturated carbocycles. The number of hydrogen-bond acceptors (Lipinski definition) is 0. The molecular formula is C78H54N2Si. The highest BCUT2D eigenvalue weighted by molar-refractivity contribution is 7.20. The van der Waals surface area contributed by atoms with Crippen molar-refractivity contribution in [3.8, 4) is 67.0 Å². The number of nitrogens with zero attached hydrogens (tertiary/aromatic N) is 2. The van der Waals surface area contributed by atoms with Crippen LogP contribution in [0.25, 0.3) is 111 Å². The lowest BCUT2D eigenvalue weighted by atomic mass is 9.95. The second kappa shape index (κ2) is 20.2. The lowest BCUT2D eigenvalue weighted by Gasteiger charge is -2.36. The zero-order valence-electron chi connectivity index (χ0n) is 44.6. The fourth-order valence-electron chi connectivity index (χ4n) is 13.0. The maximum absolute atomic E-state index is 3.14. The molecule has 0 radical (unpaired) electrons. The molecule has 2 aromatic heterocycles. The van der Waals surface area contributed by atoms with Gasteiger partial charge in [-0.1, -0.05) is 279 Å². The van der Waals surface area contributed by atoms with Crippen LogP contribution in [-0.2, 0) is 0 Å². The quantitative estimate of drug-likeness (QED) is 0.0902. The number of aromatic nitrogens is 2. The normalized spacial score (nSPS) is 11.7. The molecule has 0 aliphatic rings. The Morgan fingerprint density at radius 3 is 1.06 bits per heavy atom. The van der Waals surface area contributed by atoms with Crippen LogP contribution in [0.15, 0.2) is 328 Å². The standard InChI is InChI=1S/C78H54N2Si/c1-7-25-55(26-8-1)59-33-23-35-63(49-59)79-74-43-21-19-41-68(74)72-51-61(45-47-76(72)79)62-46-48-77-73(52-62)69-42-20-22-44-75(69)80(77)78-70(57-29-11-3-12-30-57)53-67(54-71(78)58-31-13-4-14-32-58)81(64-36-15-5-16-37-64,65-38-17-6-18-39-65)66-40-24-34-60(50-66)56-27-9-2-10-28-56/h1-54H. The lowest BCUT2D eigenvalue weighted by Crippen LogP contribution is -2.74. The Kier molecular flexibility index (Phi) is 11.9. The number of benzene rings is 13. The molecule has 2 nitrogen and oxygen atoms in total. The summed E-state index contributed by atoms with van der Waals surface area (Å²) in [7, 11) is -3.14. The van der Waals surface area contributed by atoms with Gasteiger partial charge in [0.15, 0.2) is 8.07 Å². The summed E-state index contributed by atoms with van der Waals surface area (Å²) in [6.45, 7) is 0. The second-order valence-corrected chi connectivity index (χ2v) is 25.0. The summed E-state index contributed by atoms with van der Waals surface area (Å²) >= 11 is 0. The van der Waals surface area contributed by atoms with Crippen molar-refractivity contribution in [2.24, 2.45) is 0 Å². The summed E-state index contributed by atoms with van der Waals surface area (Å²) in [5, 5.41) is 10.2. The van der Waals surface area contributed by atoms with Crippen molar-refractivity contribution in [1.29, 1.82) is 0 Å². The summed E-state index contributed by atoms with van der Waals surface area (Å²) in [6.07, 6.45) is 0. The Morgan fingerprint density at radius 1 is 0.198 bits per heavy atom. The van der Waals surface area contributed by atoms with Crippen LogP contribution in [0.1, 0.15) is 0 Å². The van der Waals surface area contributed by atoms with E-state index in [0.29, 0.717) is 0 Å². The van der Waals surface area contributed by atoms with E-state index in [9.17, 15) is 0 Å². The minimum atomic E-state index is -3.14. The van der Waals surface area contributed by atoms with E-state index in [0.717, 1.165) is 33.5 Å². The van der Waals surface area contributed by atoms with E-state index in [2.05, 4.69) is 337 Å². The van der Waals surface area contributed by atoms with E-state index < -0.39 is 8.07 Å². The molecule has 15 aromatic rings. The van der Waals surface area contributed by atoms with Crippen LogP contribution in [0.3, 0.4) is 0 Å². The molecule has 0 aliphatic heterocycles.